The van der Waals surface area contributed by atoms with Crippen molar-refractivity contribution in [1.82, 2.24) is 10.7 Å². The van der Waals surface area contributed by atoms with Gasteiger partial charge in [-0.2, -0.15) is 5.10 Å². The van der Waals surface area contributed by atoms with E-state index in [2.05, 4.69) is 15.8 Å². The number of hydrogen-bond acceptors (Lipinski definition) is 7. The van der Waals surface area contributed by atoms with Crippen molar-refractivity contribution in [1.29, 1.82) is 0 Å². The van der Waals surface area contributed by atoms with E-state index in [0.717, 1.165) is 11.1 Å². The Hall–Kier alpha value is -4.37. The van der Waals surface area contributed by atoms with Gasteiger partial charge < -0.3 is 24.3 Å². The van der Waals surface area contributed by atoms with Gasteiger partial charge in [0.1, 0.15) is 18.2 Å². The maximum absolute atomic E-state index is 12.9. The first-order valence-electron chi connectivity index (χ1n) is 13.1. The third-order valence-electron chi connectivity index (χ3n) is 5.30. The fraction of sp³-hybridized carbons (Fsp3) is 0.323. The van der Waals surface area contributed by atoms with Crippen molar-refractivity contribution in [2.45, 2.75) is 52.6 Å². The average Bonchev–Trinajstić information content (AvgIpc) is 2.92. The number of carbonyl (C=O) groups excluding carboxylic acids is 2. The molecular formula is C31H37N3O6. The highest BCUT2D eigenvalue weighted by atomic mass is 16.6. The summed E-state index contributed by atoms with van der Waals surface area (Å²) in [6.07, 6.45) is 0.754. The largest absolute Gasteiger partial charge is 0.490 e. The highest BCUT2D eigenvalue weighted by Crippen LogP contribution is 2.29. The van der Waals surface area contributed by atoms with Crippen LogP contribution in [0.5, 0.6) is 11.5 Å². The molecule has 0 spiro atoms. The fourth-order valence-corrected chi connectivity index (χ4v) is 3.48. The summed E-state index contributed by atoms with van der Waals surface area (Å²) in [6, 6.07) is 23.7. The Kier molecular flexibility index (Phi) is 11.5. The van der Waals surface area contributed by atoms with Crippen molar-refractivity contribution >= 4 is 18.2 Å². The first-order valence-corrected chi connectivity index (χ1v) is 13.1. The van der Waals surface area contributed by atoms with Crippen molar-refractivity contribution in [3.8, 4) is 11.5 Å². The average molecular weight is 548 g/mol. The van der Waals surface area contributed by atoms with Crippen molar-refractivity contribution in [3.63, 3.8) is 0 Å². The molecule has 0 fully saturated rings. The Morgan fingerprint density at radius 3 is 2.15 bits per heavy atom. The van der Waals surface area contributed by atoms with Crippen molar-refractivity contribution in [3.05, 3.63) is 95.6 Å². The molecule has 0 aromatic heterocycles. The topological polar surface area (TPSA) is 107 Å². The lowest BCUT2D eigenvalue weighted by Crippen LogP contribution is -2.49. The highest BCUT2D eigenvalue weighted by molar-refractivity contribution is 5.87. The number of hydrogen-bond donors (Lipinski definition) is 2. The molecule has 0 aliphatic carbocycles. The minimum atomic E-state index is -1.02. The summed E-state index contributed by atoms with van der Waals surface area (Å²) in [6.45, 7) is 8.19. The fourth-order valence-electron chi connectivity index (χ4n) is 3.48. The maximum atomic E-state index is 12.9. The van der Waals surface area contributed by atoms with E-state index in [1.807, 2.05) is 67.6 Å². The van der Waals surface area contributed by atoms with Crippen LogP contribution in [0, 0.1) is 0 Å². The molecule has 0 unspecified atom stereocenters. The van der Waals surface area contributed by atoms with E-state index in [4.69, 9.17) is 18.9 Å². The smallest absolute Gasteiger partial charge is 0.408 e. The zero-order valence-electron chi connectivity index (χ0n) is 23.4. The SMILES string of the molecule is CCOc1cc(/C=N\NC(=O)[C@H](COCc2ccccc2)NC(=O)OC(C)(C)C)ccc1OCc1ccccc1. The van der Waals surface area contributed by atoms with E-state index in [1.165, 1.54) is 6.21 Å². The van der Waals surface area contributed by atoms with Gasteiger partial charge >= 0.3 is 6.09 Å². The van der Waals surface area contributed by atoms with Gasteiger partial charge in [-0.3, -0.25) is 4.79 Å². The number of benzene rings is 3. The summed E-state index contributed by atoms with van der Waals surface area (Å²) in [5, 5.41) is 6.63. The van der Waals surface area contributed by atoms with E-state index >= 15 is 0 Å². The lowest BCUT2D eigenvalue weighted by Gasteiger charge is -2.22. The second kappa shape index (κ2) is 15.3. The zero-order valence-corrected chi connectivity index (χ0v) is 23.4. The van der Waals surface area contributed by atoms with Crippen molar-refractivity contribution in [2.75, 3.05) is 13.2 Å². The van der Waals surface area contributed by atoms with E-state index < -0.39 is 23.6 Å². The van der Waals surface area contributed by atoms with Crippen molar-refractivity contribution in [2.24, 2.45) is 5.10 Å². The Morgan fingerprint density at radius 1 is 0.875 bits per heavy atom. The van der Waals surface area contributed by atoms with Gasteiger partial charge in [0.2, 0.25) is 0 Å². The molecule has 2 N–H and O–H groups in total. The molecule has 0 aliphatic heterocycles. The molecule has 3 rings (SSSR count). The van der Waals surface area contributed by atoms with Gasteiger partial charge in [-0.25, -0.2) is 10.2 Å². The van der Waals surface area contributed by atoms with Gasteiger partial charge in [-0.1, -0.05) is 60.7 Å². The van der Waals surface area contributed by atoms with E-state index in [1.54, 1.807) is 39.0 Å². The Morgan fingerprint density at radius 2 is 1.52 bits per heavy atom. The predicted octanol–water partition coefficient (Wildman–Crippen LogP) is 5.22. The molecule has 2 amide bonds. The van der Waals surface area contributed by atoms with E-state index in [-0.39, 0.29) is 13.2 Å². The Labute approximate surface area is 235 Å². The first-order chi connectivity index (χ1) is 19.2. The summed E-state index contributed by atoms with van der Waals surface area (Å²) in [7, 11) is 0. The maximum Gasteiger partial charge on any atom is 0.408 e. The van der Waals surface area contributed by atoms with Crippen LogP contribution in [0.25, 0.3) is 0 Å². The van der Waals surface area contributed by atoms with Gasteiger partial charge in [0.15, 0.2) is 11.5 Å². The third-order valence-corrected chi connectivity index (χ3v) is 5.30. The van der Waals surface area contributed by atoms with Crippen LogP contribution in [-0.2, 0) is 27.5 Å². The van der Waals surface area contributed by atoms with Crippen LogP contribution >= 0.6 is 0 Å². The van der Waals surface area contributed by atoms with Crippen LogP contribution < -0.4 is 20.2 Å². The second-order valence-corrected chi connectivity index (χ2v) is 9.85. The van der Waals surface area contributed by atoms with Gasteiger partial charge in [0.25, 0.3) is 5.91 Å². The number of alkyl carbamates (subject to hydrolysis) is 1. The van der Waals surface area contributed by atoms with E-state index in [0.29, 0.717) is 30.3 Å². The second-order valence-electron chi connectivity index (χ2n) is 9.85. The molecule has 212 valence electrons. The summed E-state index contributed by atoms with van der Waals surface area (Å²) >= 11 is 0. The van der Waals surface area contributed by atoms with Crippen LogP contribution in [0.4, 0.5) is 4.79 Å². The molecule has 3 aromatic rings. The molecule has 0 aliphatic rings. The standard InChI is InChI=1S/C31H37N3O6/c1-5-38-28-18-25(16-17-27(28)39-21-24-14-10-7-11-15-24)19-32-34-29(35)26(33-30(36)40-31(2,3)4)22-37-20-23-12-8-6-9-13-23/h6-19,26H,5,20-22H2,1-4H3,(H,33,36)(H,34,35)/b32-19-/t26-/m0/s1. The molecule has 0 saturated heterocycles. The molecule has 0 saturated carbocycles. The van der Waals surface area contributed by atoms with Gasteiger partial charge in [0.05, 0.1) is 26.0 Å². The normalized spacial score (nSPS) is 12.0. The minimum Gasteiger partial charge on any atom is -0.490 e. The Bertz CT molecular complexity index is 1240. The number of rotatable bonds is 13. The van der Waals surface area contributed by atoms with Crippen LogP contribution in [-0.4, -0.2) is 43.1 Å². The summed E-state index contributed by atoms with van der Waals surface area (Å²) in [4.78, 5) is 25.2. The lowest BCUT2D eigenvalue weighted by molar-refractivity contribution is -0.124. The lowest BCUT2D eigenvalue weighted by atomic mass is 10.2. The first kappa shape index (κ1) is 30.2. The number of nitrogens with zero attached hydrogens (tertiary/aromatic N) is 1. The Balaban J connectivity index is 1.62. The summed E-state index contributed by atoms with van der Waals surface area (Å²) in [5.41, 5.74) is 4.42. The van der Waals surface area contributed by atoms with E-state index in [9.17, 15) is 9.59 Å². The molecule has 3 aromatic carbocycles. The van der Waals surface area contributed by atoms with Crippen LogP contribution in [0.3, 0.4) is 0 Å². The third kappa shape index (κ3) is 10.8. The van der Waals surface area contributed by atoms with Gasteiger partial charge in [0, 0.05) is 0 Å². The van der Waals surface area contributed by atoms with Crippen LogP contribution in [0.1, 0.15) is 44.4 Å². The molecule has 9 heteroatoms. The van der Waals surface area contributed by atoms with Gasteiger partial charge in [-0.05, 0) is 62.6 Å². The highest BCUT2D eigenvalue weighted by Gasteiger charge is 2.24. The summed E-state index contributed by atoms with van der Waals surface area (Å²) in [5.74, 6) is 0.611. The monoisotopic (exact) mass is 547 g/mol. The molecule has 40 heavy (non-hydrogen) atoms. The molecule has 9 nitrogen and oxygen atoms in total. The quantitative estimate of drug-likeness (QED) is 0.224. The minimum absolute atomic E-state index is 0.0720. The van der Waals surface area contributed by atoms with Crippen molar-refractivity contribution < 1.29 is 28.5 Å². The van der Waals surface area contributed by atoms with Crippen LogP contribution in [0.15, 0.2) is 84.0 Å². The summed E-state index contributed by atoms with van der Waals surface area (Å²) < 4.78 is 22.7. The number of carbonyl (C=O) groups is 2. The molecule has 0 heterocycles. The number of amides is 2. The van der Waals surface area contributed by atoms with Gasteiger partial charge in [-0.15, -0.1) is 0 Å². The zero-order chi connectivity index (χ0) is 28.8. The molecule has 1 atom stereocenters. The number of ether oxygens (including phenoxy) is 4. The number of hydrazone groups is 1. The molecular weight excluding hydrogens is 510 g/mol. The van der Waals surface area contributed by atoms with Crippen LogP contribution in [0.2, 0.25) is 0 Å². The number of nitrogens with one attached hydrogen (secondary N) is 2. The molecule has 0 bridgehead atoms. The predicted molar refractivity (Wildman–Crippen MR) is 153 cm³/mol. The molecule has 0 radical (unpaired) electrons.